The van der Waals surface area contributed by atoms with Gasteiger partial charge in [0.1, 0.15) is 18.1 Å². The molecule has 0 amide bonds. The van der Waals surface area contributed by atoms with E-state index in [0.29, 0.717) is 13.2 Å². The average molecular weight is 390 g/mol. The van der Waals surface area contributed by atoms with Crippen molar-refractivity contribution in [1.29, 1.82) is 0 Å². The van der Waals surface area contributed by atoms with Gasteiger partial charge < -0.3 is 15.8 Å². The molecule has 0 saturated carbocycles. The zero-order chi connectivity index (χ0) is 20.5. The van der Waals surface area contributed by atoms with Crippen molar-refractivity contribution in [3.8, 4) is 5.75 Å². The van der Waals surface area contributed by atoms with Crippen molar-refractivity contribution in [3.63, 3.8) is 0 Å². The van der Waals surface area contributed by atoms with Gasteiger partial charge in [-0.15, -0.1) is 0 Å². The van der Waals surface area contributed by atoms with E-state index in [-0.39, 0.29) is 0 Å². The predicted molar refractivity (Wildman–Crippen MR) is 121 cm³/mol. The van der Waals surface area contributed by atoms with E-state index in [1.54, 1.807) is 0 Å². The summed E-state index contributed by atoms with van der Waals surface area (Å²) in [6.45, 7) is 5.30. The Hall–Kier alpha value is -3.01. The molecule has 0 aliphatic heterocycles. The van der Waals surface area contributed by atoms with Crippen molar-refractivity contribution in [3.05, 3.63) is 83.2 Å². The first-order valence-electron chi connectivity index (χ1n) is 10.4. The van der Waals surface area contributed by atoms with Crippen molar-refractivity contribution < 1.29 is 4.74 Å². The SMILES string of the molecule is CCCCCc1ccc(N)c(NCc2nc(C)ccc2OCc2ccccc2)c1. The molecule has 3 N–H and O–H groups in total. The van der Waals surface area contributed by atoms with Gasteiger partial charge in [0, 0.05) is 5.69 Å². The Bertz CT molecular complexity index is 909. The maximum absolute atomic E-state index is 6.20. The van der Waals surface area contributed by atoms with Gasteiger partial charge in [-0.05, 0) is 55.2 Å². The van der Waals surface area contributed by atoms with Crippen molar-refractivity contribution in [2.24, 2.45) is 0 Å². The number of pyridine rings is 1. The number of anilines is 2. The highest BCUT2D eigenvalue weighted by Gasteiger charge is 2.08. The second-order valence-electron chi connectivity index (χ2n) is 7.40. The van der Waals surface area contributed by atoms with Crippen LogP contribution in [0.25, 0.3) is 0 Å². The van der Waals surface area contributed by atoms with E-state index in [9.17, 15) is 0 Å². The first kappa shape index (κ1) is 20.7. The fourth-order valence-corrected chi connectivity index (χ4v) is 3.26. The quantitative estimate of drug-likeness (QED) is 0.335. The summed E-state index contributed by atoms with van der Waals surface area (Å²) in [5.74, 6) is 0.796. The van der Waals surface area contributed by atoms with E-state index >= 15 is 0 Å². The molecule has 4 heteroatoms. The highest BCUT2D eigenvalue weighted by Crippen LogP contribution is 2.24. The summed E-state index contributed by atoms with van der Waals surface area (Å²) < 4.78 is 6.05. The zero-order valence-corrected chi connectivity index (χ0v) is 17.4. The van der Waals surface area contributed by atoms with E-state index in [0.717, 1.165) is 40.5 Å². The minimum atomic E-state index is 0.521. The molecular weight excluding hydrogens is 358 g/mol. The fraction of sp³-hybridized carbons (Fsp3) is 0.320. The van der Waals surface area contributed by atoms with Crippen molar-refractivity contribution in [2.45, 2.75) is 52.7 Å². The Morgan fingerprint density at radius 1 is 0.966 bits per heavy atom. The Morgan fingerprint density at radius 3 is 2.59 bits per heavy atom. The molecule has 0 aliphatic carbocycles. The lowest BCUT2D eigenvalue weighted by Crippen LogP contribution is -2.08. The Labute approximate surface area is 174 Å². The Morgan fingerprint density at radius 2 is 1.79 bits per heavy atom. The number of rotatable bonds is 10. The number of nitrogens with zero attached hydrogens (tertiary/aromatic N) is 1. The lowest BCUT2D eigenvalue weighted by Gasteiger charge is -2.15. The van der Waals surface area contributed by atoms with Crippen LogP contribution in [0, 0.1) is 6.92 Å². The maximum atomic E-state index is 6.20. The van der Waals surface area contributed by atoms with Crippen LogP contribution in [0.2, 0.25) is 0 Å². The van der Waals surface area contributed by atoms with E-state index in [1.165, 1.54) is 24.8 Å². The van der Waals surface area contributed by atoms with Crippen LogP contribution in [-0.4, -0.2) is 4.98 Å². The third kappa shape index (κ3) is 6.24. The van der Waals surface area contributed by atoms with Gasteiger partial charge in [-0.1, -0.05) is 56.2 Å². The van der Waals surface area contributed by atoms with Crippen LogP contribution >= 0.6 is 0 Å². The number of nitrogens with two attached hydrogens (primary N) is 1. The normalized spacial score (nSPS) is 10.7. The number of nitrogens with one attached hydrogen (secondary N) is 1. The number of hydrogen-bond donors (Lipinski definition) is 2. The molecule has 0 fully saturated rings. The summed E-state index contributed by atoms with van der Waals surface area (Å²) in [7, 11) is 0. The van der Waals surface area contributed by atoms with Crippen LogP contribution in [0.15, 0.2) is 60.7 Å². The van der Waals surface area contributed by atoms with Crippen LogP contribution in [0.3, 0.4) is 0 Å². The largest absolute Gasteiger partial charge is 0.487 e. The standard InChI is InChI=1S/C25H31N3O/c1-3-4-6-9-20-13-14-22(26)23(16-20)27-17-24-25(15-12-19(2)28-24)29-18-21-10-7-5-8-11-21/h5,7-8,10-16,27H,3-4,6,9,17-18,26H2,1-2H3. The molecule has 3 rings (SSSR count). The van der Waals surface area contributed by atoms with Crippen molar-refractivity contribution in [2.75, 3.05) is 11.1 Å². The van der Waals surface area contributed by atoms with E-state index < -0.39 is 0 Å². The first-order chi connectivity index (χ1) is 14.2. The third-order valence-electron chi connectivity index (χ3n) is 4.94. The van der Waals surface area contributed by atoms with Gasteiger partial charge in [-0.25, -0.2) is 0 Å². The summed E-state index contributed by atoms with van der Waals surface area (Å²) >= 11 is 0. The summed E-state index contributed by atoms with van der Waals surface area (Å²) in [5.41, 5.74) is 12.2. The second kappa shape index (κ2) is 10.5. The number of unbranched alkanes of at least 4 members (excludes halogenated alkanes) is 2. The first-order valence-corrected chi connectivity index (χ1v) is 10.4. The van der Waals surface area contributed by atoms with Gasteiger partial charge in [0.2, 0.25) is 0 Å². The minimum absolute atomic E-state index is 0.521. The molecule has 1 heterocycles. The molecule has 1 aromatic heterocycles. The molecule has 3 aromatic rings. The van der Waals surface area contributed by atoms with Gasteiger partial charge in [0.15, 0.2) is 0 Å². The van der Waals surface area contributed by atoms with E-state index in [2.05, 4.69) is 41.5 Å². The molecule has 0 spiro atoms. The van der Waals surface area contributed by atoms with Crippen LogP contribution in [0.1, 0.15) is 48.7 Å². The van der Waals surface area contributed by atoms with Crippen LogP contribution < -0.4 is 15.8 Å². The lowest BCUT2D eigenvalue weighted by atomic mass is 10.1. The molecule has 0 radical (unpaired) electrons. The number of nitrogen functional groups attached to an aromatic ring is 1. The summed E-state index contributed by atoms with van der Waals surface area (Å²) in [5, 5.41) is 3.46. The number of ether oxygens (including phenoxy) is 1. The van der Waals surface area contributed by atoms with Gasteiger partial charge in [0.25, 0.3) is 0 Å². The monoisotopic (exact) mass is 389 g/mol. The summed E-state index contributed by atoms with van der Waals surface area (Å²) in [6.07, 6.45) is 4.76. The molecule has 0 bridgehead atoms. The molecule has 29 heavy (non-hydrogen) atoms. The molecular formula is C25H31N3O. The lowest BCUT2D eigenvalue weighted by molar-refractivity contribution is 0.301. The summed E-state index contributed by atoms with van der Waals surface area (Å²) in [6, 6.07) is 20.4. The number of aromatic nitrogens is 1. The van der Waals surface area contributed by atoms with Crippen LogP contribution in [0.5, 0.6) is 5.75 Å². The number of aryl methyl sites for hydroxylation is 2. The molecule has 152 valence electrons. The molecule has 0 aliphatic rings. The van der Waals surface area contributed by atoms with Gasteiger partial charge in [-0.3, -0.25) is 4.98 Å². The number of hydrogen-bond acceptors (Lipinski definition) is 4. The predicted octanol–water partition coefficient (Wildman–Crippen LogP) is 5.90. The van der Waals surface area contributed by atoms with Gasteiger partial charge in [-0.2, -0.15) is 0 Å². The fourth-order valence-electron chi connectivity index (χ4n) is 3.26. The van der Waals surface area contributed by atoms with Gasteiger partial charge in [0.05, 0.1) is 17.9 Å². The second-order valence-corrected chi connectivity index (χ2v) is 7.40. The van der Waals surface area contributed by atoms with Crippen molar-refractivity contribution in [1.82, 2.24) is 4.98 Å². The highest BCUT2D eigenvalue weighted by atomic mass is 16.5. The zero-order valence-electron chi connectivity index (χ0n) is 17.4. The smallest absolute Gasteiger partial charge is 0.143 e. The number of benzene rings is 2. The molecule has 4 nitrogen and oxygen atoms in total. The maximum Gasteiger partial charge on any atom is 0.143 e. The van der Waals surface area contributed by atoms with E-state index in [1.807, 2.05) is 43.3 Å². The molecule has 2 aromatic carbocycles. The molecule has 0 saturated heterocycles. The highest BCUT2D eigenvalue weighted by molar-refractivity contribution is 5.67. The Balaban J connectivity index is 1.68. The molecule has 0 atom stereocenters. The Kier molecular flexibility index (Phi) is 7.51. The topological polar surface area (TPSA) is 60.2 Å². The van der Waals surface area contributed by atoms with Crippen molar-refractivity contribution >= 4 is 11.4 Å². The van der Waals surface area contributed by atoms with Crippen LogP contribution in [-0.2, 0) is 19.6 Å². The molecule has 0 unspecified atom stereocenters. The third-order valence-corrected chi connectivity index (χ3v) is 4.94. The van der Waals surface area contributed by atoms with Gasteiger partial charge >= 0.3 is 0 Å². The summed E-state index contributed by atoms with van der Waals surface area (Å²) in [4.78, 5) is 4.68. The van der Waals surface area contributed by atoms with Crippen LogP contribution in [0.4, 0.5) is 11.4 Å². The average Bonchev–Trinajstić information content (AvgIpc) is 2.74. The minimum Gasteiger partial charge on any atom is -0.487 e. The van der Waals surface area contributed by atoms with E-state index in [4.69, 9.17) is 10.5 Å².